The number of fused-ring (bicyclic) bond motifs is 1. The number of aromatic nitrogens is 1. The van der Waals surface area contributed by atoms with E-state index in [-0.39, 0.29) is 10.9 Å². The summed E-state index contributed by atoms with van der Waals surface area (Å²) < 4.78 is 28.8. The quantitative estimate of drug-likeness (QED) is 0.671. The number of nitro groups is 1. The van der Waals surface area contributed by atoms with Gasteiger partial charge in [-0.25, -0.2) is 0 Å². The summed E-state index contributed by atoms with van der Waals surface area (Å²) in [7, 11) is 0. The highest BCUT2D eigenvalue weighted by molar-refractivity contribution is 5.92. The molecule has 0 spiro atoms. The smallest absolute Gasteiger partial charge is 0.391 e. The molecule has 94 valence electrons. The molecule has 0 amide bonds. The van der Waals surface area contributed by atoms with Crippen molar-refractivity contribution in [1.82, 2.24) is 4.98 Å². The molecule has 0 unspecified atom stereocenters. The van der Waals surface area contributed by atoms with E-state index in [9.17, 15) is 18.9 Å². The van der Waals surface area contributed by atoms with Gasteiger partial charge in [-0.3, -0.25) is 0 Å². The minimum absolute atomic E-state index is 0.161. The fourth-order valence-corrected chi connectivity index (χ4v) is 1.54. The molecule has 6 nitrogen and oxygen atoms in total. The number of hydrogen-bond acceptors (Lipinski definition) is 5. The first-order chi connectivity index (χ1) is 8.50. The first kappa shape index (κ1) is 12.0. The summed E-state index contributed by atoms with van der Waals surface area (Å²) in [5.74, 6) is -1.13. The molecule has 0 aliphatic heterocycles. The molecule has 0 radical (unpaired) electrons. The zero-order valence-corrected chi connectivity index (χ0v) is 8.84. The molecule has 0 fully saturated rings. The first-order valence-corrected chi connectivity index (χ1v) is 4.78. The molecule has 1 heterocycles. The Morgan fingerprint density at radius 1 is 1.39 bits per heavy atom. The molecule has 8 heteroatoms. The van der Waals surface area contributed by atoms with Crippen molar-refractivity contribution < 1.29 is 18.4 Å². The highest BCUT2D eigenvalue weighted by Crippen LogP contribution is 2.37. The van der Waals surface area contributed by atoms with Crippen molar-refractivity contribution >= 4 is 22.4 Å². The van der Waals surface area contributed by atoms with Crippen LogP contribution in [0.3, 0.4) is 0 Å². The molecule has 1 aromatic carbocycles. The van der Waals surface area contributed by atoms with Crippen LogP contribution in [0.1, 0.15) is 0 Å². The Balaban J connectivity index is 2.77. The second-order valence-electron chi connectivity index (χ2n) is 3.33. The maximum atomic E-state index is 12.3. The molecule has 2 aromatic rings. The molecule has 0 aliphatic rings. The van der Waals surface area contributed by atoms with Gasteiger partial charge in [0, 0.05) is 0 Å². The topological polar surface area (TPSA) is 91.3 Å². The van der Waals surface area contributed by atoms with Crippen LogP contribution in [0, 0.1) is 10.1 Å². The van der Waals surface area contributed by atoms with Crippen LogP contribution in [-0.4, -0.2) is 16.5 Å². The van der Waals surface area contributed by atoms with E-state index in [1.54, 1.807) is 12.1 Å². The number of nitrogens with zero attached hydrogens (tertiary/aromatic N) is 2. The molecule has 2 rings (SSSR count). The summed E-state index contributed by atoms with van der Waals surface area (Å²) in [6.45, 7) is -3.13. The second-order valence-corrected chi connectivity index (χ2v) is 3.33. The van der Waals surface area contributed by atoms with Gasteiger partial charge in [0.15, 0.2) is 17.0 Å². The second kappa shape index (κ2) is 4.40. The summed E-state index contributed by atoms with van der Waals surface area (Å²) in [6.07, 6.45) is 0. The minimum Gasteiger partial charge on any atom is -0.431 e. The van der Waals surface area contributed by atoms with Crippen molar-refractivity contribution in [2.24, 2.45) is 0 Å². The van der Waals surface area contributed by atoms with Gasteiger partial charge >= 0.3 is 12.4 Å². The Morgan fingerprint density at radius 2 is 2.06 bits per heavy atom. The average molecular weight is 255 g/mol. The number of anilines is 1. The van der Waals surface area contributed by atoms with Gasteiger partial charge in [0.05, 0.1) is 5.39 Å². The molecule has 0 saturated heterocycles. The zero-order chi connectivity index (χ0) is 13.3. The normalized spacial score (nSPS) is 10.8. The monoisotopic (exact) mass is 255 g/mol. The number of hydrogen-bond donors (Lipinski definition) is 1. The number of ether oxygens (including phenoxy) is 1. The largest absolute Gasteiger partial charge is 0.431 e. The summed E-state index contributed by atoms with van der Waals surface area (Å²) in [5.41, 5.74) is 5.08. The number of rotatable bonds is 3. The molecule has 0 saturated carbocycles. The Hall–Kier alpha value is -2.51. The van der Waals surface area contributed by atoms with Crippen LogP contribution in [0.25, 0.3) is 10.9 Å². The molecular weight excluding hydrogens is 248 g/mol. The third kappa shape index (κ3) is 1.99. The highest BCUT2D eigenvalue weighted by atomic mass is 19.3. The van der Waals surface area contributed by atoms with Gasteiger partial charge in [0.1, 0.15) is 0 Å². The van der Waals surface area contributed by atoms with E-state index < -0.39 is 28.8 Å². The Bertz CT molecular complexity index is 619. The van der Waals surface area contributed by atoms with Gasteiger partial charge < -0.3 is 20.6 Å². The van der Waals surface area contributed by atoms with E-state index in [0.29, 0.717) is 0 Å². The molecule has 0 atom stereocenters. The molecule has 18 heavy (non-hydrogen) atoms. The van der Waals surface area contributed by atoms with E-state index in [0.717, 1.165) is 0 Å². The van der Waals surface area contributed by atoms with Crippen LogP contribution < -0.4 is 10.5 Å². The van der Waals surface area contributed by atoms with Crippen molar-refractivity contribution in [2.45, 2.75) is 6.61 Å². The fraction of sp³-hybridized carbons (Fsp3) is 0.100. The molecule has 0 bridgehead atoms. The van der Waals surface area contributed by atoms with E-state index in [4.69, 9.17) is 5.73 Å². The van der Waals surface area contributed by atoms with Crippen molar-refractivity contribution in [2.75, 3.05) is 5.73 Å². The van der Waals surface area contributed by atoms with Crippen LogP contribution >= 0.6 is 0 Å². The number of nitrogens with two attached hydrogens (primary N) is 1. The average Bonchev–Trinajstić information content (AvgIpc) is 2.31. The number of benzene rings is 1. The number of halogens is 2. The fourth-order valence-electron chi connectivity index (χ4n) is 1.54. The zero-order valence-electron chi connectivity index (χ0n) is 8.84. The number of pyridine rings is 1. The number of para-hydroxylation sites is 1. The summed E-state index contributed by atoms with van der Waals surface area (Å²) in [5, 5.41) is 10.9. The molecular formula is C10H7F2N3O3. The van der Waals surface area contributed by atoms with Crippen molar-refractivity contribution in [1.29, 1.82) is 0 Å². The predicted molar refractivity (Wildman–Crippen MR) is 59.4 cm³/mol. The van der Waals surface area contributed by atoms with E-state index in [2.05, 4.69) is 9.72 Å². The maximum Gasteiger partial charge on any atom is 0.391 e. The first-order valence-electron chi connectivity index (χ1n) is 4.78. The third-order valence-electron chi connectivity index (χ3n) is 2.24. The lowest BCUT2D eigenvalue weighted by Gasteiger charge is -2.09. The maximum absolute atomic E-state index is 12.3. The number of alkyl halides is 2. The van der Waals surface area contributed by atoms with Crippen LogP contribution in [0.5, 0.6) is 5.75 Å². The number of nitrogen functional groups attached to an aromatic ring is 1. The summed E-state index contributed by atoms with van der Waals surface area (Å²) >= 11 is 0. The Labute approximate surface area is 99.1 Å². The van der Waals surface area contributed by atoms with Crippen molar-refractivity contribution in [3.63, 3.8) is 0 Å². The van der Waals surface area contributed by atoms with Gasteiger partial charge in [0.2, 0.25) is 0 Å². The van der Waals surface area contributed by atoms with Crippen LogP contribution in [-0.2, 0) is 0 Å². The molecule has 0 aliphatic carbocycles. The lowest BCUT2D eigenvalue weighted by Crippen LogP contribution is -2.08. The predicted octanol–water partition coefficient (Wildman–Crippen LogP) is 2.33. The summed E-state index contributed by atoms with van der Waals surface area (Å²) in [4.78, 5) is 13.6. The van der Waals surface area contributed by atoms with Crippen molar-refractivity contribution in [3.05, 3.63) is 34.4 Å². The van der Waals surface area contributed by atoms with Crippen LogP contribution in [0.15, 0.2) is 24.3 Å². The Morgan fingerprint density at radius 3 is 2.67 bits per heavy atom. The van der Waals surface area contributed by atoms with Crippen LogP contribution in [0.4, 0.5) is 20.3 Å². The van der Waals surface area contributed by atoms with Crippen LogP contribution in [0.2, 0.25) is 0 Å². The van der Waals surface area contributed by atoms with Gasteiger partial charge in [-0.1, -0.05) is 12.1 Å². The van der Waals surface area contributed by atoms with Gasteiger partial charge in [-0.05, 0) is 22.0 Å². The minimum atomic E-state index is -3.13. The van der Waals surface area contributed by atoms with Gasteiger partial charge in [0.25, 0.3) is 0 Å². The third-order valence-corrected chi connectivity index (χ3v) is 2.24. The Kier molecular flexibility index (Phi) is 2.92. The standard InChI is InChI=1S/C10H7F2N3O3/c11-10(12)18-8-5-3-1-2-4-6(5)14-9(7(8)13)15(16)17/h1-4,10H,13H2. The lowest BCUT2D eigenvalue weighted by atomic mass is 10.2. The van der Waals surface area contributed by atoms with Gasteiger partial charge in [-0.15, -0.1) is 0 Å². The molecule has 1 aromatic heterocycles. The van der Waals surface area contributed by atoms with E-state index in [1.807, 2.05) is 0 Å². The van der Waals surface area contributed by atoms with Crippen molar-refractivity contribution in [3.8, 4) is 5.75 Å². The lowest BCUT2D eigenvalue weighted by molar-refractivity contribution is -0.388. The summed E-state index contributed by atoms with van der Waals surface area (Å²) in [6, 6.07) is 6.02. The van der Waals surface area contributed by atoms with E-state index in [1.165, 1.54) is 12.1 Å². The SMILES string of the molecule is Nc1c([N+](=O)[O-])nc2ccccc2c1OC(F)F. The van der Waals surface area contributed by atoms with E-state index >= 15 is 0 Å². The molecule has 2 N–H and O–H groups in total. The highest BCUT2D eigenvalue weighted by Gasteiger charge is 2.24. The van der Waals surface area contributed by atoms with Gasteiger partial charge in [-0.2, -0.15) is 8.78 Å².